The van der Waals surface area contributed by atoms with Crippen molar-refractivity contribution in [3.63, 3.8) is 0 Å². The van der Waals surface area contributed by atoms with Crippen molar-refractivity contribution in [1.82, 2.24) is 0 Å². The summed E-state index contributed by atoms with van der Waals surface area (Å²) in [5.41, 5.74) is 1.16. The fourth-order valence-electron chi connectivity index (χ4n) is 2.23. The van der Waals surface area contributed by atoms with Crippen LogP contribution in [-0.4, -0.2) is 18.3 Å². The quantitative estimate of drug-likeness (QED) is 0.825. The van der Waals surface area contributed by atoms with E-state index in [0.29, 0.717) is 17.0 Å². The zero-order chi connectivity index (χ0) is 13.2. The van der Waals surface area contributed by atoms with Gasteiger partial charge in [-0.2, -0.15) is 0 Å². The highest BCUT2D eigenvalue weighted by Gasteiger charge is 2.21. The Morgan fingerprint density at radius 3 is 3.00 bits per heavy atom. The number of carbonyl (C=O) groups is 2. The van der Waals surface area contributed by atoms with Crippen molar-refractivity contribution in [2.24, 2.45) is 5.92 Å². The molecule has 0 aromatic heterocycles. The highest BCUT2D eigenvalue weighted by Crippen LogP contribution is 2.30. The lowest BCUT2D eigenvalue weighted by Crippen LogP contribution is -2.25. The van der Waals surface area contributed by atoms with E-state index in [1.165, 1.54) is 0 Å². The average Bonchev–Trinajstić information content (AvgIpc) is 2.46. The third-order valence-corrected chi connectivity index (χ3v) is 3.21. The number of benzene rings is 1. The topological polar surface area (TPSA) is 55.4 Å². The zero-order valence-corrected chi connectivity index (χ0v) is 10.3. The predicted molar refractivity (Wildman–Crippen MR) is 71.3 cm³/mol. The molecule has 1 aromatic rings. The van der Waals surface area contributed by atoms with Crippen LogP contribution in [0.15, 0.2) is 42.5 Å². The average molecular weight is 255 g/mol. The molecule has 1 unspecified atom stereocenters. The van der Waals surface area contributed by atoms with Gasteiger partial charge in [0.2, 0.25) is 0 Å². The lowest BCUT2D eigenvalue weighted by atomic mass is 9.91. The van der Waals surface area contributed by atoms with E-state index < -0.39 is 0 Å². The van der Waals surface area contributed by atoms with Gasteiger partial charge < -0.3 is 10.1 Å². The summed E-state index contributed by atoms with van der Waals surface area (Å²) in [5, 5.41) is 2.71. The second kappa shape index (κ2) is 4.72. The van der Waals surface area contributed by atoms with E-state index in [2.05, 4.69) is 5.32 Å². The van der Waals surface area contributed by atoms with E-state index in [0.717, 1.165) is 6.42 Å². The van der Waals surface area contributed by atoms with E-state index in [9.17, 15) is 9.59 Å². The third kappa shape index (κ3) is 2.29. The lowest BCUT2D eigenvalue weighted by molar-refractivity contribution is -0.118. The van der Waals surface area contributed by atoms with Crippen LogP contribution in [0.25, 0.3) is 0 Å². The number of ether oxygens (including phenoxy) is 1. The van der Waals surface area contributed by atoms with Gasteiger partial charge in [-0.05, 0) is 24.6 Å². The van der Waals surface area contributed by atoms with Gasteiger partial charge in [-0.15, -0.1) is 0 Å². The molecule has 3 rings (SSSR count). The molecule has 19 heavy (non-hydrogen) atoms. The van der Waals surface area contributed by atoms with Gasteiger partial charge in [0.1, 0.15) is 5.75 Å². The molecule has 1 amide bonds. The van der Waals surface area contributed by atoms with Crippen molar-refractivity contribution in [1.29, 1.82) is 0 Å². The molecule has 1 aliphatic heterocycles. The maximum absolute atomic E-state index is 12.3. The molecule has 4 heteroatoms. The SMILES string of the molecule is O=C1COc2ccc(C(=O)C3C=CC=CC3)cc2N1. The van der Waals surface area contributed by atoms with Crippen LogP contribution in [-0.2, 0) is 4.79 Å². The summed E-state index contributed by atoms with van der Waals surface area (Å²) in [4.78, 5) is 23.6. The predicted octanol–water partition coefficient (Wildman–Crippen LogP) is 2.33. The standard InChI is InChI=1S/C15H13NO3/c17-14-9-19-13-7-6-11(8-12(13)16-14)15(18)10-4-2-1-3-5-10/h1-4,6-8,10H,5,9H2,(H,16,17). The first-order valence-electron chi connectivity index (χ1n) is 6.18. The second-order valence-corrected chi connectivity index (χ2v) is 4.57. The number of carbonyl (C=O) groups excluding carboxylic acids is 2. The van der Waals surface area contributed by atoms with Gasteiger partial charge >= 0.3 is 0 Å². The molecule has 1 N–H and O–H groups in total. The van der Waals surface area contributed by atoms with E-state index in [1.54, 1.807) is 18.2 Å². The summed E-state index contributed by atoms with van der Waals surface area (Å²) < 4.78 is 5.27. The van der Waals surface area contributed by atoms with Gasteiger partial charge in [-0.25, -0.2) is 0 Å². The lowest BCUT2D eigenvalue weighted by Gasteiger charge is -2.19. The van der Waals surface area contributed by atoms with Crippen molar-refractivity contribution in [2.75, 3.05) is 11.9 Å². The number of anilines is 1. The first-order valence-corrected chi connectivity index (χ1v) is 6.18. The number of hydrogen-bond donors (Lipinski definition) is 1. The summed E-state index contributed by atoms with van der Waals surface area (Å²) in [6.07, 6.45) is 8.41. The fourth-order valence-corrected chi connectivity index (χ4v) is 2.23. The van der Waals surface area contributed by atoms with Gasteiger partial charge in [0.05, 0.1) is 5.69 Å². The molecule has 0 spiro atoms. The number of ketones is 1. The van der Waals surface area contributed by atoms with Crippen molar-refractivity contribution < 1.29 is 14.3 Å². The number of nitrogens with one attached hydrogen (secondary N) is 1. The van der Waals surface area contributed by atoms with Crippen LogP contribution in [0.1, 0.15) is 16.8 Å². The third-order valence-electron chi connectivity index (χ3n) is 3.21. The summed E-state index contributed by atoms with van der Waals surface area (Å²) in [6, 6.07) is 5.15. The molecule has 0 bridgehead atoms. The van der Waals surface area contributed by atoms with Crippen molar-refractivity contribution >= 4 is 17.4 Å². The van der Waals surface area contributed by atoms with E-state index >= 15 is 0 Å². The molecule has 1 aromatic carbocycles. The Hall–Kier alpha value is -2.36. The Balaban J connectivity index is 1.87. The maximum atomic E-state index is 12.3. The van der Waals surface area contributed by atoms with Gasteiger partial charge in [-0.1, -0.05) is 24.3 Å². The molecule has 4 nitrogen and oxygen atoms in total. The van der Waals surface area contributed by atoms with Crippen LogP contribution in [0.4, 0.5) is 5.69 Å². The molecule has 1 aliphatic carbocycles. The number of allylic oxidation sites excluding steroid dienone is 4. The molecular weight excluding hydrogens is 242 g/mol. The van der Waals surface area contributed by atoms with Crippen molar-refractivity contribution in [2.45, 2.75) is 6.42 Å². The first kappa shape index (κ1) is 11.7. The summed E-state index contributed by atoms with van der Waals surface area (Å²) in [6.45, 7) is 0.0243. The maximum Gasteiger partial charge on any atom is 0.262 e. The number of Topliss-reactive ketones (excluding diaryl/α,β-unsaturated/α-hetero) is 1. The number of fused-ring (bicyclic) bond motifs is 1. The molecular formula is C15H13NO3. The van der Waals surface area contributed by atoms with Crippen LogP contribution in [0.5, 0.6) is 5.75 Å². The Morgan fingerprint density at radius 2 is 2.21 bits per heavy atom. The first-order chi connectivity index (χ1) is 9.24. The number of hydrogen-bond acceptors (Lipinski definition) is 3. The highest BCUT2D eigenvalue weighted by atomic mass is 16.5. The minimum Gasteiger partial charge on any atom is -0.482 e. The summed E-state index contributed by atoms with van der Waals surface area (Å²) in [7, 11) is 0. The van der Waals surface area contributed by atoms with Crippen molar-refractivity contribution in [3.8, 4) is 5.75 Å². The summed E-state index contributed by atoms with van der Waals surface area (Å²) in [5.74, 6) is 0.347. The molecule has 2 aliphatic rings. The van der Waals surface area contributed by atoms with Crippen molar-refractivity contribution in [3.05, 3.63) is 48.1 Å². The van der Waals surface area contributed by atoms with Gasteiger partial charge in [0.25, 0.3) is 5.91 Å². The van der Waals surface area contributed by atoms with Crippen LogP contribution in [0.2, 0.25) is 0 Å². The molecule has 0 fully saturated rings. The molecule has 0 saturated carbocycles. The minimum atomic E-state index is -0.197. The molecule has 1 atom stereocenters. The van der Waals surface area contributed by atoms with Gasteiger partial charge in [-0.3, -0.25) is 9.59 Å². The van der Waals surface area contributed by atoms with Gasteiger partial charge in [0, 0.05) is 11.5 Å². The van der Waals surface area contributed by atoms with E-state index in [4.69, 9.17) is 4.74 Å². The zero-order valence-electron chi connectivity index (χ0n) is 10.3. The Labute approximate surface area is 110 Å². The smallest absolute Gasteiger partial charge is 0.262 e. The largest absolute Gasteiger partial charge is 0.482 e. The van der Waals surface area contributed by atoms with E-state index in [-0.39, 0.29) is 24.2 Å². The van der Waals surface area contributed by atoms with E-state index in [1.807, 2.05) is 24.3 Å². The fraction of sp³-hybridized carbons (Fsp3) is 0.200. The molecule has 0 radical (unpaired) electrons. The monoisotopic (exact) mass is 255 g/mol. The number of rotatable bonds is 2. The highest BCUT2D eigenvalue weighted by molar-refractivity contribution is 6.02. The second-order valence-electron chi connectivity index (χ2n) is 4.57. The number of amides is 1. The Kier molecular flexibility index (Phi) is 2.91. The molecule has 1 heterocycles. The Bertz CT molecular complexity index is 601. The van der Waals surface area contributed by atoms with Crippen LogP contribution < -0.4 is 10.1 Å². The Morgan fingerprint density at radius 1 is 1.32 bits per heavy atom. The summed E-state index contributed by atoms with van der Waals surface area (Å²) >= 11 is 0. The molecule has 96 valence electrons. The molecule has 0 saturated heterocycles. The minimum absolute atomic E-state index is 0.0243. The van der Waals surface area contributed by atoms with Crippen LogP contribution in [0, 0.1) is 5.92 Å². The van der Waals surface area contributed by atoms with Crippen LogP contribution >= 0.6 is 0 Å². The van der Waals surface area contributed by atoms with Gasteiger partial charge in [0.15, 0.2) is 12.4 Å². The normalized spacial score (nSPS) is 20.4. The van der Waals surface area contributed by atoms with Crippen LogP contribution in [0.3, 0.4) is 0 Å².